The molecule has 128 valence electrons. The summed E-state index contributed by atoms with van der Waals surface area (Å²) in [5.41, 5.74) is -1.31. The van der Waals surface area contributed by atoms with Gasteiger partial charge in [0.15, 0.2) is 11.6 Å². The second-order valence-corrected chi connectivity index (χ2v) is 5.80. The molecule has 0 aliphatic carbocycles. The molecule has 0 saturated heterocycles. The molecule has 0 aliphatic rings. The normalized spacial score (nSPS) is 10.7. The van der Waals surface area contributed by atoms with Crippen molar-refractivity contribution < 1.29 is 13.6 Å². The number of hydrogen-bond acceptors (Lipinski definition) is 4. The maximum Gasteiger partial charge on any atom is 0.377 e. The predicted octanol–water partition coefficient (Wildman–Crippen LogP) is 2.57. The Morgan fingerprint density at radius 3 is 2.36 bits per heavy atom. The van der Waals surface area contributed by atoms with Crippen LogP contribution >= 0.6 is 15.9 Å². The van der Waals surface area contributed by atoms with Crippen LogP contribution in [0.25, 0.3) is 5.69 Å². The highest BCUT2D eigenvalue weighted by atomic mass is 79.9. The van der Waals surface area contributed by atoms with Crippen LogP contribution in [0.4, 0.5) is 19.3 Å². The van der Waals surface area contributed by atoms with Crippen molar-refractivity contribution in [2.75, 3.05) is 11.9 Å². The van der Waals surface area contributed by atoms with E-state index in [1.807, 2.05) is 0 Å². The van der Waals surface area contributed by atoms with Gasteiger partial charge < -0.3 is 0 Å². The van der Waals surface area contributed by atoms with E-state index >= 15 is 0 Å². The first-order chi connectivity index (χ1) is 11.9. The average Bonchev–Trinajstić information content (AvgIpc) is 2.95. The van der Waals surface area contributed by atoms with Crippen molar-refractivity contribution in [2.45, 2.75) is 0 Å². The molecule has 3 aromatic rings. The number of benzene rings is 2. The van der Waals surface area contributed by atoms with E-state index in [4.69, 9.17) is 0 Å². The van der Waals surface area contributed by atoms with Gasteiger partial charge >= 0.3 is 11.7 Å². The molecule has 7 nitrogen and oxygen atoms in total. The highest BCUT2D eigenvalue weighted by Crippen LogP contribution is 2.24. The molecule has 3 rings (SSSR count). The molecule has 0 aliphatic heterocycles. The zero-order valence-corrected chi connectivity index (χ0v) is 14.3. The molecular weight excluding hydrogens is 400 g/mol. The molecule has 25 heavy (non-hydrogen) atoms. The lowest BCUT2D eigenvalue weighted by Gasteiger charge is -2.17. The third kappa shape index (κ3) is 2.95. The van der Waals surface area contributed by atoms with Crippen molar-refractivity contribution in [1.29, 1.82) is 0 Å². The van der Waals surface area contributed by atoms with Crippen molar-refractivity contribution in [1.82, 2.24) is 19.8 Å². The summed E-state index contributed by atoms with van der Waals surface area (Å²) < 4.78 is 29.1. The largest absolute Gasteiger partial charge is 0.377 e. The number of para-hydroxylation sites is 2. The van der Waals surface area contributed by atoms with Crippen LogP contribution in [0.5, 0.6) is 0 Å². The average molecular weight is 410 g/mol. The highest BCUT2D eigenvalue weighted by molar-refractivity contribution is 9.10. The Bertz CT molecular complexity index is 997. The van der Waals surface area contributed by atoms with E-state index in [1.165, 1.54) is 7.05 Å². The number of anilines is 1. The summed E-state index contributed by atoms with van der Waals surface area (Å²) in [4.78, 5) is 26.0. The Kier molecular flexibility index (Phi) is 4.45. The quantitative estimate of drug-likeness (QED) is 0.609. The zero-order valence-electron chi connectivity index (χ0n) is 12.7. The second kappa shape index (κ2) is 6.55. The third-order valence-electron chi connectivity index (χ3n) is 3.41. The van der Waals surface area contributed by atoms with Crippen molar-refractivity contribution in [2.24, 2.45) is 0 Å². The van der Waals surface area contributed by atoms with E-state index in [-0.39, 0.29) is 0 Å². The van der Waals surface area contributed by atoms with E-state index in [2.05, 4.69) is 26.4 Å². The lowest BCUT2D eigenvalue weighted by Crippen LogP contribution is -2.39. The lowest BCUT2D eigenvalue weighted by atomic mass is 10.3. The number of nitrogens with zero attached hydrogens (tertiary/aromatic N) is 5. The van der Waals surface area contributed by atoms with Gasteiger partial charge in [-0.15, -0.1) is 4.68 Å². The molecule has 0 atom stereocenters. The number of aromatic nitrogens is 4. The zero-order chi connectivity index (χ0) is 18.1. The molecule has 0 bridgehead atoms. The minimum atomic E-state index is -1.09. The summed E-state index contributed by atoms with van der Waals surface area (Å²) in [5.74, 6) is -2.00. The second-order valence-electron chi connectivity index (χ2n) is 4.95. The Balaban J connectivity index is 2.03. The molecular formula is C15H10BrF2N5O2. The number of tetrazole rings is 1. The fraction of sp³-hybridized carbons (Fsp3) is 0.0667. The first-order valence-corrected chi connectivity index (χ1v) is 7.73. The Morgan fingerprint density at radius 2 is 1.72 bits per heavy atom. The first-order valence-electron chi connectivity index (χ1n) is 6.94. The van der Waals surface area contributed by atoms with Crippen LogP contribution < -0.4 is 10.6 Å². The number of amides is 1. The molecule has 1 amide bonds. The van der Waals surface area contributed by atoms with Crippen LogP contribution in [0.1, 0.15) is 0 Å². The van der Waals surface area contributed by atoms with Gasteiger partial charge in [0.05, 0.1) is 5.69 Å². The van der Waals surface area contributed by atoms with Crippen molar-refractivity contribution >= 4 is 27.6 Å². The third-order valence-corrected chi connectivity index (χ3v) is 4.08. The van der Waals surface area contributed by atoms with E-state index < -0.39 is 29.0 Å². The molecule has 0 spiro atoms. The highest BCUT2D eigenvalue weighted by Gasteiger charge is 2.23. The van der Waals surface area contributed by atoms with Gasteiger partial charge in [-0.05, 0) is 50.6 Å². The molecule has 1 aromatic heterocycles. The molecule has 0 fully saturated rings. The molecule has 10 heteroatoms. The minimum Gasteiger partial charge on any atom is -0.294 e. The van der Waals surface area contributed by atoms with Crippen LogP contribution in [0.3, 0.4) is 0 Å². The summed E-state index contributed by atoms with van der Waals surface area (Å²) >= 11 is 3.30. The molecule has 0 saturated carbocycles. The minimum absolute atomic E-state index is 0.399. The van der Waals surface area contributed by atoms with Crippen molar-refractivity contribution in [3.63, 3.8) is 0 Å². The fourth-order valence-corrected chi connectivity index (χ4v) is 2.72. The predicted molar refractivity (Wildman–Crippen MR) is 88.9 cm³/mol. The monoisotopic (exact) mass is 409 g/mol. The van der Waals surface area contributed by atoms with E-state index in [9.17, 15) is 18.4 Å². The van der Waals surface area contributed by atoms with Crippen LogP contribution in [-0.4, -0.2) is 32.9 Å². The molecule has 2 aromatic carbocycles. The smallest absolute Gasteiger partial charge is 0.294 e. The maximum absolute atomic E-state index is 13.8. The van der Waals surface area contributed by atoms with Gasteiger partial charge in [0.2, 0.25) is 0 Å². The van der Waals surface area contributed by atoms with Crippen LogP contribution in [0, 0.1) is 11.6 Å². The summed E-state index contributed by atoms with van der Waals surface area (Å²) in [6, 6.07) is 9.09. The Morgan fingerprint density at radius 1 is 1.08 bits per heavy atom. The van der Waals surface area contributed by atoms with Gasteiger partial charge in [-0.3, -0.25) is 4.90 Å². The summed E-state index contributed by atoms with van der Waals surface area (Å²) in [6.07, 6.45) is 0. The van der Waals surface area contributed by atoms with Crippen LogP contribution in [0.2, 0.25) is 0 Å². The van der Waals surface area contributed by atoms with Crippen molar-refractivity contribution in [3.05, 3.63) is 69.1 Å². The fourth-order valence-electron chi connectivity index (χ4n) is 2.17. The lowest BCUT2D eigenvalue weighted by molar-refractivity contribution is 0.245. The SMILES string of the molecule is CN(C(=O)n1nnn(-c2c(F)cccc2F)c1=O)c1ccccc1Br. The Hall–Kier alpha value is -2.88. The summed E-state index contributed by atoms with van der Waals surface area (Å²) in [6.45, 7) is 0. The topological polar surface area (TPSA) is 73.0 Å². The standard InChI is InChI=1S/C15H10BrF2N5O2/c1-21(12-8-3-2-5-9(12)16)14(24)23-15(25)22(19-20-23)13-10(17)6-4-7-11(13)18/h2-8H,1H3. The van der Waals surface area contributed by atoms with Gasteiger partial charge in [-0.1, -0.05) is 18.2 Å². The van der Waals surface area contributed by atoms with E-state index in [0.717, 1.165) is 23.1 Å². The number of carbonyl (C=O) groups excluding carboxylic acids is 1. The van der Waals surface area contributed by atoms with Gasteiger partial charge in [0.25, 0.3) is 0 Å². The van der Waals surface area contributed by atoms with Gasteiger partial charge in [-0.2, -0.15) is 4.68 Å². The van der Waals surface area contributed by atoms with E-state index in [0.29, 0.717) is 19.5 Å². The van der Waals surface area contributed by atoms with Gasteiger partial charge in [-0.25, -0.2) is 18.4 Å². The van der Waals surface area contributed by atoms with E-state index in [1.54, 1.807) is 24.3 Å². The van der Waals surface area contributed by atoms with Crippen LogP contribution in [0.15, 0.2) is 51.7 Å². The number of halogens is 3. The molecule has 1 heterocycles. The summed E-state index contributed by atoms with van der Waals surface area (Å²) in [5, 5.41) is 6.83. The number of hydrogen-bond donors (Lipinski definition) is 0. The number of rotatable bonds is 2. The summed E-state index contributed by atoms with van der Waals surface area (Å²) in [7, 11) is 1.43. The first kappa shape index (κ1) is 17.0. The molecule has 0 radical (unpaired) electrons. The Labute approximate surface area is 148 Å². The van der Waals surface area contributed by atoms with Crippen LogP contribution in [-0.2, 0) is 0 Å². The van der Waals surface area contributed by atoms with Crippen molar-refractivity contribution in [3.8, 4) is 5.69 Å². The number of carbonyl (C=O) groups is 1. The van der Waals surface area contributed by atoms with Gasteiger partial charge in [0.1, 0.15) is 5.69 Å². The maximum atomic E-state index is 13.8. The molecule has 0 N–H and O–H groups in total. The van der Waals surface area contributed by atoms with Gasteiger partial charge in [0, 0.05) is 11.5 Å². The molecule has 0 unspecified atom stereocenters.